The molecule has 1 aromatic rings. The first-order chi connectivity index (χ1) is 12.8. The predicted molar refractivity (Wildman–Crippen MR) is 96.8 cm³/mol. The number of phosphoric acid groups is 1. The second kappa shape index (κ2) is 7.18. The maximum atomic E-state index is 13.0. The van der Waals surface area contributed by atoms with E-state index in [-0.39, 0.29) is 23.0 Å². The fraction of sp³-hybridized carbons (Fsp3) is 0.750. The van der Waals surface area contributed by atoms with Crippen molar-refractivity contribution in [1.29, 1.82) is 0 Å². The van der Waals surface area contributed by atoms with Gasteiger partial charge in [0, 0.05) is 12.3 Å². The summed E-state index contributed by atoms with van der Waals surface area (Å²) in [6.45, 7) is 1.49. The third kappa shape index (κ3) is 3.72. The van der Waals surface area contributed by atoms with Gasteiger partial charge in [0.1, 0.15) is 17.8 Å². The zero-order valence-electron chi connectivity index (χ0n) is 14.9. The van der Waals surface area contributed by atoms with Crippen LogP contribution >= 0.6 is 20.0 Å². The monoisotopic (exact) mass is 418 g/mol. The van der Waals surface area contributed by atoms with Gasteiger partial charge in [-0.25, -0.2) is 4.57 Å². The molecule has 3 unspecified atom stereocenters. The summed E-state index contributed by atoms with van der Waals surface area (Å²) >= 11 is 5.16. The van der Waals surface area contributed by atoms with Crippen molar-refractivity contribution in [3.63, 3.8) is 0 Å². The number of hydrogen-bond acceptors (Lipinski definition) is 8. The number of aromatic amines is 1. The number of aromatic nitrogens is 2. The van der Waals surface area contributed by atoms with E-state index in [1.165, 1.54) is 23.8 Å². The Balaban J connectivity index is 1.55. The minimum absolute atomic E-state index is 0.0298. The van der Waals surface area contributed by atoms with E-state index in [1.807, 2.05) is 0 Å². The quantitative estimate of drug-likeness (QED) is 0.569. The molecule has 0 aromatic carbocycles. The van der Waals surface area contributed by atoms with Crippen LogP contribution in [0, 0.1) is 4.77 Å². The highest BCUT2D eigenvalue weighted by Gasteiger charge is 2.60. The Hall–Kier alpha value is -0.870. The van der Waals surface area contributed by atoms with E-state index in [1.54, 1.807) is 0 Å². The zero-order valence-corrected chi connectivity index (χ0v) is 16.6. The van der Waals surface area contributed by atoms with Crippen LogP contribution in [0.25, 0.3) is 0 Å². The number of H-pyrrole nitrogens is 1. The third-order valence-electron chi connectivity index (χ3n) is 5.29. The first-order valence-corrected chi connectivity index (χ1v) is 11.0. The van der Waals surface area contributed by atoms with E-state index in [4.69, 9.17) is 30.5 Å². The molecule has 0 spiro atoms. The summed E-state index contributed by atoms with van der Waals surface area (Å²) in [4.78, 5) is 13.9. The summed E-state index contributed by atoms with van der Waals surface area (Å²) in [7, 11) is -3.80. The van der Waals surface area contributed by atoms with E-state index in [0.29, 0.717) is 0 Å². The van der Waals surface area contributed by atoms with Gasteiger partial charge in [-0.2, -0.15) is 0 Å². The van der Waals surface area contributed by atoms with Gasteiger partial charge >= 0.3 is 7.82 Å². The number of nitrogens with one attached hydrogen (secondary N) is 1. The van der Waals surface area contributed by atoms with E-state index < -0.39 is 31.9 Å². The Bertz CT molecular complexity index is 863. The second-order valence-corrected chi connectivity index (χ2v) is 9.37. The van der Waals surface area contributed by atoms with E-state index in [0.717, 1.165) is 32.1 Å². The molecule has 3 fully saturated rings. The molecular formula is C16H23N2O7PS. The van der Waals surface area contributed by atoms with Gasteiger partial charge in [0.2, 0.25) is 0 Å². The van der Waals surface area contributed by atoms with Crippen molar-refractivity contribution in [3.8, 4) is 0 Å². The topological polar surface area (TPSA) is 112 Å². The molecule has 2 N–H and O–H groups in total. The standard InChI is InChI=1S/C16H23N2O7PS/c1-16(20)13-11(23-14(16)18-8-7-12(19)17-15(18)27)9-22-26(21,25-13)24-10-5-3-2-4-6-10/h7-8,10-11,13-14,20H,2-6,9H2,1H3,(H,17,19,27)/t11-,13?,14-,16?,26?/m1/s1. The van der Waals surface area contributed by atoms with Crippen LogP contribution < -0.4 is 5.56 Å². The molecule has 4 rings (SSSR count). The maximum Gasteiger partial charge on any atom is 0.475 e. The lowest BCUT2D eigenvalue weighted by atomic mass is 9.96. The van der Waals surface area contributed by atoms with E-state index >= 15 is 0 Å². The van der Waals surface area contributed by atoms with Gasteiger partial charge in [0.05, 0.1) is 12.7 Å². The van der Waals surface area contributed by atoms with Gasteiger partial charge in [-0.1, -0.05) is 19.3 Å². The highest BCUT2D eigenvalue weighted by molar-refractivity contribution is 7.71. The number of rotatable bonds is 3. The molecule has 2 aliphatic heterocycles. The molecule has 3 heterocycles. The summed E-state index contributed by atoms with van der Waals surface area (Å²) in [5.74, 6) is 0. The lowest BCUT2D eigenvalue weighted by Crippen LogP contribution is -2.48. The average Bonchev–Trinajstić information content (AvgIpc) is 2.86. The molecule has 2 saturated heterocycles. The van der Waals surface area contributed by atoms with Gasteiger partial charge in [0.15, 0.2) is 11.0 Å². The molecule has 0 amide bonds. The lowest BCUT2D eigenvalue weighted by Gasteiger charge is -2.36. The molecule has 1 aromatic heterocycles. The molecular weight excluding hydrogens is 395 g/mol. The van der Waals surface area contributed by atoms with Gasteiger partial charge in [-0.3, -0.25) is 27.9 Å². The SMILES string of the molecule is CC1(O)C2OP(=O)(OC3CCCCC3)OC[C@H]2O[C@H]1n1ccc(=O)[nH]c1=S. The Morgan fingerprint density at radius 2 is 2.15 bits per heavy atom. The average molecular weight is 418 g/mol. The number of nitrogens with zero attached hydrogens (tertiary/aromatic N) is 1. The van der Waals surface area contributed by atoms with Crippen molar-refractivity contribution in [2.75, 3.05) is 6.61 Å². The minimum atomic E-state index is -3.80. The third-order valence-corrected chi connectivity index (χ3v) is 7.11. The van der Waals surface area contributed by atoms with Crippen molar-refractivity contribution >= 4 is 20.0 Å². The second-order valence-electron chi connectivity index (χ2n) is 7.40. The minimum Gasteiger partial charge on any atom is -0.383 e. The fourth-order valence-corrected chi connectivity index (χ4v) is 5.86. The molecule has 11 heteroatoms. The lowest BCUT2D eigenvalue weighted by molar-refractivity contribution is -0.0947. The number of fused-ring (bicyclic) bond motifs is 1. The highest BCUT2D eigenvalue weighted by Crippen LogP contribution is 2.60. The molecule has 3 aliphatic rings. The van der Waals surface area contributed by atoms with E-state index in [2.05, 4.69) is 4.98 Å². The molecule has 0 bridgehead atoms. The molecule has 1 saturated carbocycles. The van der Waals surface area contributed by atoms with Gasteiger partial charge in [-0.15, -0.1) is 0 Å². The largest absolute Gasteiger partial charge is 0.475 e. The van der Waals surface area contributed by atoms with Crippen molar-refractivity contribution in [3.05, 3.63) is 27.4 Å². The fourth-order valence-electron chi connectivity index (χ4n) is 3.89. The first-order valence-electron chi connectivity index (χ1n) is 9.09. The van der Waals surface area contributed by atoms with Crippen LogP contribution in [0.4, 0.5) is 0 Å². The normalized spacial score (nSPS) is 40.0. The van der Waals surface area contributed by atoms with Crippen molar-refractivity contribution in [2.45, 2.75) is 69.2 Å². The van der Waals surface area contributed by atoms with Crippen LogP contribution in [0.1, 0.15) is 45.3 Å². The van der Waals surface area contributed by atoms with Crippen LogP contribution in [-0.4, -0.2) is 45.2 Å². The molecule has 5 atom stereocenters. The van der Waals surface area contributed by atoms with Crippen LogP contribution in [-0.2, 0) is 22.9 Å². The summed E-state index contributed by atoms with van der Waals surface area (Å²) in [6.07, 6.45) is 3.58. The van der Waals surface area contributed by atoms with Crippen LogP contribution in [0.2, 0.25) is 0 Å². The van der Waals surface area contributed by atoms with E-state index in [9.17, 15) is 14.5 Å². The highest BCUT2D eigenvalue weighted by atomic mass is 32.1. The van der Waals surface area contributed by atoms with Crippen molar-refractivity contribution < 1.29 is 28.0 Å². The van der Waals surface area contributed by atoms with Crippen LogP contribution in [0.5, 0.6) is 0 Å². The summed E-state index contributed by atoms with van der Waals surface area (Å²) in [5, 5.41) is 11.1. The van der Waals surface area contributed by atoms with Gasteiger partial charge in [-0.05, 0) is 32.0 Å². The Kier molecular flexibility index (Phi) is 5.17. The predicted octanol–water partition coefficient (Wildman–Crippen LogP) is 2.43. The van der Waals surface area contributed by atoms with Crippen LogP contribution in [0.3, 0.4) is 0 Å². The van der Waals surface area contributed by atoms with Crippen molar-refractivity contribution in [1.82, 2.24) is 9.55 Å². The smallest absolute Gasteiger partial charge is 0.383 e. The van der Waals surface area contributed by atoms with Gasteiger partial charge < -0.3 is 9.84 Å². The molecule has 27 heavy (non-hydrogen) atoms. The summed E-state index contributed by atoms with van der Waals surface area (Å²) < 4.78 is 37.1. The summed E-state index contributed by atoms with van der Waals surface area (Å²) in [5.41, 5.74) is -1.91. The van der Waals surface area contributed by atoms with Crippen LogP contribution in [0.15, 0.2) is 17.1 Å². The van der Waals surface area contributed by atoms with Crippen molar-refractivity contribution in [2.24, 2.45) is 0 Å². The van der Waals surface area contributed by atoms with Gasteiger partial charge in [0.25, 0.3) is 5.56 Å². The number of ether oxygens (including phenoxy) is 1. The Morgan fingerprint density at radius 1 is 1.41 bits per heavy atom. The molecule has 9 nitrogen and oxygen atoms in total. The number of aliphatic hydroxyl groups is 1. The Morgan fingerprint density at radius 3 is 2.85 bits per heavy atom. The summed E-state index contributed by atoms with van der Waals surface area (Å²) in [6, 6.07) is 1.28. The molecule has 150 valence electrons. The Labute approximate surface area is 161 Å². The number of phosphoric ester groups is 1. The number of hydrogen-bond donors (Lipinski definition) is 2. The molecule has 1 aliphatic carbocycles. The maximum absolute atomic E-state index is 13.0. The first kappa shape index (κ1) is 19.4. The molecule has 0 radical (unpaired) electrons. The zero-order chi connectivity index (χ0) is 19.2.